The first-order valence-electron chi connectivity index (χ1n) is 8.85. The second kappa shape index (κ2) is 8.20. The Morgan fingerprint density at radius 3 is 3.08 bits per heavy atom. The molecule has 0 aliphatic carbocycles. The van der Waals surface area contributed by atoms with E-state index in [1.165, 1.54) is 6.20 Å². The van der Waals surface area contributed by atoms with Crippen LogP contribution in [0.3, 0.4) is 0 Å². The number of carbonyl (C=O) groups excluding carboxylic acids is 1. The summed E-state index contributed by atoms with van der Waals surface area (Å²) in [5.74, 6) is 6.86. The average Bonchev–Trinajstić information content (AvgIpc) is 2.67. The van der Waals surface area contributed by atoms with Crippen molar-refractivity contribution in [2.45, 2.75) is 26.3 Å². The number of pyridine rings is 1. The van der Waals surface area contributed by atoms with Gasteiger partial charge in [-0.3, -0.25) is 9.78 Å². The van der Waals surface area contributed by atoms with E-state index in [-0.39, 0.29) is 11.5 Å². The Bertz CT molecular complexity index is 765. The first kappa shape index (κ1) is 18.2. The van der Waals surface area contributed by atoms with Gasteiger partial charge in [0.1, 0.15) is 11.5 Å². The van der Waals surface area contributed by atoms with Crippen molar-refractivity contribution in [1.29, 1.82) is 0 Å². The van der Waals surface area contributed by atoms with Crippen molar-refractivity contribution in [1.82, 2.24) is 20.3 Å². The maximum Gasteiger partial charge on any atom is 0.216 e. The third kappa shape index (κ3) is 4.14. The number of aromatic nitrogens is 3. The molecule has 0 aromatic carbocycles. The standard InChI is InChI=1S/C18H25N7O/c1-12(2)8-13-11-25(7-6-21-13)16-10-20-9-15(23-16)17(26)14-4-3-5-22-18(14)24-19/h3-5,9-10,12-13,21H,6-8,11,19H2,1-2H3,(H,22,24)/t13-/m0/s1. The first-order chi connectivity index (χ1) is 12.6. The molecule has 26 heavy (non-hydrogen) atoms. The Morgan fingerprint density at radius 2 is 2.31 bits per heavy atom. The lowest BCUT2D eigenvalue weighted by Gasteiger charge is -2.35. The molecule has 0 unspecified atom stereocenters. The van der Waals surface area contributed by atoms with Gasteiger partial charge in [0.25, 0.3) is 0 Å². The number of nitrogen functional groups attached to an aromatic ring is 1. The number of hydrogen-bond donors (Lipinski definition) is 3. The molecular formula is C18H25N7O. The minimum atomic E-state index is -0.255. The molecule has 1 aliphatic rings. The summed E-state index contributed by atoms with van der Waals surface area (Å²) < 4.78 is 0. The number of ketones is 1. The number of hydrazine groups is 1. The summed E-state index contributed by atoms with van der Waals surface area (Å²) in [4.78, 5) is 27.8. The zero-order valence-corrected chi connectivity index (χ0v) is 15.1. The van der Waals surface area contributed by atoms with Gasteiger partial charge in [-0.1, -0.05) is 13.8 Å². The third-order valence-electron chi connectivity index (χ3n) is 4.38. The van der Waals surface area contributed by atoms with Crippen LogP contribution in [0.2, 0.25) is 0 Å². The molecule has 2 aromatic rings. The summed E-state index contributed by atoms with van der Waals surface area (Å²) in [6, 6.07) is 3.77. The summed E-state index contributed by atoms with van der Waals surface area (Å²) in [5, 5.41) is 3.54. The molecule has 138 valence electrons. The Labute approximate surface area is 153 Å². The van der Waals surface area contributed by atoms with Crippen molar-refractivity contribution in [3.63, 3.8) is 0 Å². The van der Waals surface area contributed by atoms with E-state index in [1.807, 2.05) is 0 Å². The maximum absolute atomic E-state index is 12.8. The van der Waals surface area contributed by atoms with E-state index in [4.69, 9.17) is 5.84 Å². The van der Waals surface area contributed by atoms with E-state index in [0.717, 1.165) is 31.9 Å². The first-order valence-corrected chi connectivity index (χ1v) is 8.85. The number of carbonyl (C=O) groups is 1. The zero-order valence-electron chi connectivity index (χ0n) is 15.1. The monoisotopic (exact) mass is 355 g/mol. The largest absolute Gasteiger partial charge is 0.352 e. The fourth-order valence-electron chi connectivity index (χ4n) is 3.22. The van der Waals surface area contributed by atoms with Crippen LogP contribution in [0.1, 0.15) is 36.3 Å². The molecule has 0 bridgehead atoms. The highest BCUT2D eigenvalue weighted by atomic mass is 16.1. The van der Waals surface area contributed by atoms with E-state index in [0.29, 0.717) is 23.3 Å². The average molecular weight is 355 g/mol. The van der Waals surface area contributed by atoms with E-state index < -0.39 is 0 Å². The van der Waals surface area contributed by atoms with Crippen molar-refractivity contribution in [2.24, 2.45) is 11.8 Å². The van der Waals surface area contributed by atoms with Crippen LogP contribution in [0.15, 0.2) is 30.7 Å². The third-order valence-corrected chi connectivity index (χ3v) is 4.38. The number of piperazine rings is 1. The minimum absolute atomic E-state index is 0.255. The molecule has 3 heterocycles. The van der Waals surface area contributed by atoms with Gasteiger partial charge in [-0.25, -0.2) is 15.8 Å². The topological polar surface area (TPSA) is 109 Å². The van der Waals surface area contributed by atoms with Crippen LogP contribution >= 0.6 is 0 Å². The predicted octanol–water partition coefficient (Wildman–Crippen LogP) is 1.21. The van der Waals surface area contributed by atoms with Crippen molar-refractivity contribution in [3.05, 3.63) is 42.0 Å². The highest BCUT2D eigenvalue weighted by Crippen LogP contribution is 2.19. The summed E-state index contributed by atoms with van der Waals surface area (Å²) in [5.41, 5.74) is 3.11. The minimum Gasteiger partial charge on any atom is -0.352 e. The van der Waals surface area contributed by atoms with Crippen LogP contribution in [0.4, 0.5) is 11.6 Å². The zero-order chi connectivity index (χ0) is 18.5. The highest BCUT2D eigenvalue weighted by Gasteiger charge is 2.23. The second-order valence-corrected chi connectivity index (χ2v) is 6.86. The lowest BCUT2D eigenvalue weighted by atomic mass is 10.0. The molecule has 2 aromatic heterocycles. The smallest absolute Gasteiger partial charge is 0.216 e. The normalized spacial score (nSPS) is 17.4. The molecule has 0 radical (unpaired) electrons. The number of nitrogens with zero attached hydrogens (tertiary/aromatic N) is 4. The van der Waals surface area contributed by atoms with Crippen LogP contribution in [0.25, 0.3) is 0 Å². The molecule has 8 nitrogen and oxygen atoms in total. The van der Waals surface area contributed by atoms with Crippen LogP contribution in [0.5, 0.6) is 0 Å². The summed E-state index contributed by atoms with van der Waals surface area (Å²) in [6.45, 7) is 7.02. The Hall–Kier alpha value is -2.58. The number of anilines is 2. The Balaban J connectivity index is 1.81. The maximum atomic E-state index is 12.8. The van der Waals surface area contributed by atoms with Gasteiger partial charge < -0.3 is 15.6 Å². The number of nitrogens with one attached hydrogen (secondary N) is 2. The van der Waals surface area contributed by atoms with Crippen molar-refractivity contribution in [3.8, 4) is 0 Å². The number of nitrogens with two attached hydrogens (primary N) is 1. The van der Waals surface area contributed by atoms with E-state index in [2.05, 4.69) is 44.4 Å². The lowest BCUT2D eigenvalue weighted by molar-refractivity contribution is 0.103. The molecule has 0 saturated carbocycles. The molecule has 1 saturated heterocycles. The van der Waals surface area contributed by atoms with Crippen molar-refractivity contribution in [2.75, 3.05) is 30.0 Å². The summed E-state index contributed by atoms with van der Waals surface area (Å²) in [6.07, 6.45) is 5.86. The Kier molecular flexibility index (Phi) is 5.75. The van der Waals surface area contributed by atoms with Crippen LogP contribution in [-0.4, -0.2) is 46.4 Å². The van der Waals surface area contributed by atoms with Crippen LogP contribution in [-0.2, 0) is 0 Å². The molecule has 1 aliphatic heterocycles. The second-order valence-electron chi connectivity index (χ2n) is 6.86. The van der Waals surface area contributed by atoms with Crippen LogP contribution in [0, 0.1) is 5.92 Å². The van der Waals surface area contributed by atoms with Gasteiger partial charge in [-0.2, -0.15) is 0 Å². The fraction of sp³-hybridized carbons (Fsp3) is 0.444. The lowest BCUT2D eigenvalue weighted by Crippen LogP contribution is -2.51. The molecular weight excluding hydrogens is 330 g/mol. The number of hydrogen-bond acceptors (Lipinski definition) is 8. The van der Waals surface area contributed by atoms with Crippen molar-refractivity contribution >= 4 is 17.4 Å². The molecule has 0 amide bonds. The van der Waals surface area contributed by atoms with Crippen molar-refractivity contribution < 1.29 is 4.79 Å². The quantitative estimate of drug-likeness (QED) is 0.403. The molecule has 3 rings (SSSR count). The van der Waals surface area contributed by atoms with Gasteiger partial charge in [-0.05, 0) is 24.5 Å². The van der Waals surface area contributed by atoms with E-state index in [1.54, 1.807) is 24.5 Å². The summed E-state index contributed by atoms with van der Waals surface area (Å²) in [7, 11) is 0. The van der Waals surface area contributed by atoms with Gasteiger partial charge in [0.05, 0.1) is 18.0 Å². The molecule has 8 heteroatoms. The van der Waals surface area contributed by atoms with E-state index >= 15 is 0 Å². The fourth-order valence-corrected chi connectivity index (χ4v) is 3.22. The van der Waals surface area contributed by atoms with Gasteiger partial charge in [0.2, 0.25) is 5.78 Å². The molecule has 1 atom stereocenters. The molecule has 1 fully saturated rings. The van der Waals surface area contributed by atoms with Gasteiger partial charge in [0, 0.05) is 31.9 Å². The van der Waals surface area contributed by atoms with Gasteiger partial charge >= 0.3 is 0 Å². The Morgan fingerprint density at radius 1 is 1.46 bits per heavy atom. The van der Waals surface area contributed by atoms with Crippen LogP contribution < -0.4 is 21.5 Å². The summed E-state index contributed by atoms with van der Waals surface area (Å²) >= 11 is 0. The molecule has 0 spiro atoms. The predicted molar refractivity (Wildman–Crippen MR) is 101 cm³/mol. The highest BCUT2D eigenvalue weighted by molar-refractivity contribution is 6.10. The van der Waals surface area contributed by atoms with Gasteiger partial charge in [0.15, 0.2) is 5.82 Å². The molecule has 4 N–H and O–H groups in total. The van der Waals surface area contributed by atoms with Gasteiger partial charge in [-0.15, -0.1) is 0 Å². The van der Waals surface area contributed by atoms with E-state index in [9.17, 15) is 4.79 Å². The SMILES string of the molecule is CC(C)C[C@H]1CN(c2cncc(C(=O)c3cccnc3NN)n2)CCN1. The number of rotatable bonds is 6.